The number of rotatable bonds is 1. The van der Waals surface area contributed by atoms with E-state index in [1.807, 2.05) is 0 Å². The van der Waals surface area contributed by atoms with Gasteiger partial charge in [0.05, 0.1) is 5.54 Å². The molecule has 0 bridgehead atoms. The normalized spacial score (nSPS) is 18.6. The van der Waals surface area contributed by atoms with Crippen LogP contribution in [0.4, 0.5) is 10.1 Å². The first-order valence-corrected chi connectivity index (χ1v) is 9.13. The second-order valence-electron chi connectivity index (χ2n) is 7.73. The summed E-state index contributed by atoms with van der Waals surface area (Å²) in [6.07, 6.45) is 3.14. The molecule has 0 amide bonds. The lowest BCUT2D eigenvalue weighted by atomic mass is 9.83. The Morgan fingerprint density at radius 1 is 1.15 bits per heavy atom. The van der Waals surface area contributed by atoms with Crippen LogP contribution in [0, 0.1) is 5.82 Å². The SMILES string of the molecule is CC/C(C)=C1\Oc2ccc(F)cc2-c2ccc3c(c21)C=C(C)C(C)(C)N3. The Balaban J connectivity index is 2.07. The number of allylic oxidation sites excluding steroid dienone is 1. The van der Waals surface area contributed by atoms with Crippen LogP contribution in [0.3, 0.4) is 0 Å². The van der Waals surface area contributed by atoms with Crippen molar-refractivity contribution in [1.82, 2.24) is 0 Å². The van der Waals surface area contributed by atoms with Crippen molar-refractivity contribution < 1.29 is 9.13 Å². The van der Waals surface area contributed by atoms with E-state index in [4.69, 9.17) is 4.74 Å². The predicted octanol–water partition coefficient (Wildman–Crippen LogP) is 6.63. The maximum Gasteiger partial charge on any atom is 0.135 e. The van der Waals surface area contributed by atoms with Crippen molar-refractivity contribution >= 4 is 17.5 Å². The summed E-state index contributed by atoms with van der Waals surface area (Å²) in [4.78, 5) is 0. The maximum absolute atomic E-state index is 13.9. The molecule has 0 saturated carbocycles. The molecule has 2 aliphatic rings. The Bertz CT molecular complexity index is 982. The van der Waals surface area contributed by atoms with Crippen LogP contribution in [0.15, 0.2) is 41.5 Å². The standard InChI is InChI=1S/C23H24FNO/c1-6-13(2)22-21-16(17-12-15(24)7-10-20(17)26-22)8-9-19-18(21)11-14(3)23(4,5)25-19/h7-12,25H,6H2,1-5H3/b22-13-. The largest absolute Gasteiger partial charge is 0.456 e. The molecule has 0 saturated heterocycles. The van der Waals surface area contributed by atoms with Crippen molar-refractivity contribution in [2.24, 2.45) is 0 Å². The highest BCUT2D eigenvalue weighted by atomic mass is 19.1. The number of halogens is 1. The number of hydrogen-bond acceptors (Lipinski definition) is 2. The molecule has 2 aliphatic heterocycles. The van der Waals surface area contributed by atoms with Gasteiger partial charge in [0, 0.05) is 22.4 Å². The van der Waals surface area contributed by atoms with E-state index >= 15 is 0 Å². The lowest BCUT2D eigenvalue weighted by Crippen LogP contribution is -2.35. The topological polar surface area (TPSA) is 21.3 Å². The molecule has 2 aromatic carbocycles. The van der Waals surface area contributed by atoms with Gasteiger partial charge in [-0.2, -0.15) is 0 Å². The number of hydrogen-bond donors (Lipinski definition) is 1. The second-order valence-corrected chi connectivity index (χ2v) is 7.73. The van der Waals surface area contributed by atoms with Crippen molar-refractivity contribution in [2.45, 2.75) is 46.6 Å². The fraction of sp³-hybridized carbons (Fsp3) is 0.304. The van der Waals surface area contributed by atoms with Gasteiger partial charge in [0.25, 0.3) is 0 Å². The zero-order valence-corrected chi connectivity index (χ0v) is 16.0. The van der Waals surface area contributed by atoms with Crippen LogP contribution in [0.1, 0.15) is 52.2 Å². The van der Waals surface area contributed by atoms with E-state index in [1.54, 1.807) is 12.1 Å². The van der Waals surface area contributed by atoms with E-state index in [0.29, 0.717) is 5.75 Å². The van der Waals surface area contributed by atoms with Gasteiger partial charge in [0.2, 0.25) is 0 Å². The first kappa shape index (κ1) is 16.9. The molecule has 2 aromatic rings. The number of anilines is 1. The number of benzene rings is 2. The summed E-state index contributed by atoms with van der Waals surface area (Å²) in [7, 11) is 0. The molecule has 3 heteroatoms. The second kappa shape index (κ2) is 5.73. The zero-order chi connectivity index (χ0) is 18.6. The van der Waals surface area contributed by atoms with E-state index in [0.717, 1.165) is 40.1 Å². The lowest BCUT2D eigenvalue weighted by Gasteiger charge is -2.36. The van der Waals surface area contributed by atoms with Gasteiger partial charge in [-0.3, -0.25) is 0 Å². The third-order valence-corrected chi connectivity index (χ3v) is 5.63. The zero-order valence-electron chi connectivity index (χ0n) is 16.0. The Labute approximate surface area is 154 Å². The molecule has 0 aromatic heterocycles. The first-order chi connectivity index (χ1) is 12.3. The third kappa shape index (κ3) is 2.45. The van der Waals surface area contributed by atoms with Crippen LogP contribution >= 0.6 is 0 Å². The summed E-state index contributed by atoms with van der Waals surface area (Å²) in [5.41, 5.74) is 7.46. The molecule has 0 unspecified atom stereocenters. The smallest absolute Gasteiger partial charge is 0.135 e. The molecular weight excluding hydrogens is 325 g/mol. The lowest BCUT2D eigenvalue weighted by molar-refractivity contribution is 0.502. The number of ether oxygens (including phenoxy) is 1. The molecule has 0 spiro atoms. The van der Waals surface area contributed by atoms with Gasteiger partial charge < -0.3 is 10.1 Å². The molecule has 2 heterocycles. The van der Waals surface area contributed by atoms with Gasteiger partial charge >= 0.3 is 0 Å². The molecule has 0 aliphatic carbocycles. The van der Waals surface area contributed by atoms with Crippen LogP contribution in [0.2, 0.25) is 0 Å². The summed E-state index contributed by atoms with van der Waals surface area (Å²) in [6, 6.07) is 8.91. The van der Waals surface area contributed by atoms with Crippen LogP contribution in [-0.4, -0.2) is 5.54 Å². The van der Waals surface area contributed by atoms with E-state index in [1.165, 1.54) is 17.2 Å². The Morgan fingerprint density at radius 2 is 1.92 bits per heavy atom. The molecule has 1 N–H and O–H groups in total. The van der Waals surface area contributed by atoms with E-state index < -0.39 is 0 Å². The summed E-state index contributed by atoms with van der Waals surface area (Å²) in [5, 5.41) is 3.63. The highest BCUT2D eigenvalue weighted by Crippen LogP contribution is 2.48. The van der Waals surface area contributed by atoms with Crippen LogP contribution in [-0.2, 0) is 0 Å². The van der Waals surface area contributed by atoms with Crippen molar-refractivity contribution in [3.8, 4) is 16.9 Å². The van der Waals surface area contributed by atoms with E-state index in [2.05, 4.69) is 58.1 Å². The first-order valence-electron chi connectivity index (χ1n) is 9.13. The van der Waals surface area contributed by atoms with Crippen LogP contribution in [0.25, 0.3) is 23.0 Å². The predicted molar refractivity (Wildman–Crippen MR) is 107 cm³/mol. The van der Waals surface area contributed by atoms with E-state index in [9.17, 15) is 4.39 Å². The summed E-state index contributed by atoms with van der Waals surface area (Å²) in [5.74, 6) is 1.36. The highest BCUT2D eigenvalue weighted by molar-refractivity contribution is 5.95. The van der Waals surface area contributed by atoms with Crippen molar-refractivity contribution in [1.29, 1.82) is 0 Å². The van der Waals surface area contributed by atoms with Gasteiger partial charge in [-0.25, -0.2) is 4.39 Å². The third-order valence-electron chi connectivity index (χ3n) is 5.63. The minimum absolute atomic E-state index is 0.0928. The fourth-order valence-corrected chi connectivity index (χ4v) is 3.60. The van der Waals surface area contributed by atoms with Gasteiger partial charge in [0.1, 0.15) is 17.3 Å². The van der Waals surface area contributed by atoms with Gasteiger partial charge in [-0.05, 0) is 75.1 Å². The Morgan fingerprint density at radius 3 is 2.65 bits per heavy atom. The van der Waals surface area contributed by atoms with Crippen LogP contribution < -0.4 is 10.1 Å². The summed E-state index contributed by atoms with van der Waals surface area (Å²) >= 11 is 0. The fourth-order valence-electron chi connectivity index (χ4n) is 3.60. The molecule has 26 heavy (non-hydrogen) atoms. The molecule has 0 fully saturated rings. The van der Waals surface area contributed by atoms with Crippen molar-refractivity contribution in [2.75, 3.05) is 5.32 Å². The molecule has 4 rings (SSSR count). The number of nitrogens with one attached hydrogen (secondary N) is 1. The van der Waals surface area contributed by atoms with Gasteiger partial charge in [0.15, 0.2) is 0 Å². The number of fused-ring (bicyclic) bond motifs is 5. The van der Waals surface area contributed by atoms with Crippen molar-refractivity contribution in [3.05, 3.63) is 58.4 Å². The molecule has 0 radical (unpaired) electrons. The average Bonchev–Trinajstić information content (AvgIpc) is 2.61. The average molecular weight is 349 g/mol. The highest BCUT2D eigenvalue weighted by Gasteiger charge is 2.31. The Hall–Kier alpha value is -2.55. The summed E-state index contributed by atoms with van der Waals surface area (Å²) < 4.78 is 20.2. The van der Waals surface area contributed by atoms with E-state index in [-0.39, 0.29) is 11.4 Å². The van der Waals surface area contributed by atoms with Gasteiger partial charge in [-0.15, -0.1) is 0 Å². The van der Waals surface area contributed by atoms with Crippen molar-refractivity contribution in [3.63, 3.8) is 0 Å². The molecule has 134 valence electrons. The minimum atomic E-state index is -0.248. The maximum atomic E-state index is 13.9. The monoisotopic (exact) mass is 349 g/mol. The summed E-state index contributed by atoms with van der Waals surface area (Å²) in [6.45, 7) is 10.7. The van der Waals surface area contributed by atoms with Crippen LogP contribution in [0.5, 0.6) is 5.75 Å². The minimum Gasteiger partial charge on any atom is -0.456 e. The quantitative estimate of drug-likeness (QED) is 0.623. The molecule has 2 nitrogen and oxygen atoms in total. The van der Waals surface area contributed by atoms with Gasteiger partial charge in [-0.1, -0.05) is 19.1 Å². The molecule has 0 atom stereocenters. The Kier molecular flexibility index (Phi) is 3.72. The molecular formula is C23H24FNO.